The Balaban J connectivity index is 1.59. The van der Waals surface area contributed by atoms with Crippen molar-refractivity contribution in [2.45, 2.75) is 39.8 Å². The number of aromatic nitrogens is 2. The number of nitrogens with one attached hydrogen (secondary N) is 1. The minimum absolute atomic E-state index is 0.182. The van der Waals surface area contributed by atoms with Crippen molar-refractivity contribution < 1.29 is 0 Å². The first-order chi connectivity index (χ1) is 13.4. The van der Waals surface area contributed by atoms with E-state index in [0.29, 0.717) is 5.69 Å². The maximum absolute atomic E-state index is 9.29. The van der Waals surface area contributed by atoms with E-state index < -0.39 is 0 Å². The zero-order valence-corrected chi connectivity index (χ0v) is 16.7. The molecule has 3 aromatic rings. The first-order valence-electron chi connectivity index (χ1n) is 9.72. The van der Waals surface area contributed by atoms with Gasteiger partial charge in [-0.1, -0.05) is 32.9 Å². The molecule has 0 saturated carbocycles. The Morgan fingerprint density at radius 3 is 2.46 bits per heavy atom. The minimum Gasteiger partial charge on any atom is -0.365 e. The predicted molar refractivity (Wildman–Crippen MR) is 113 cm³/mol. The molecule has 4 nitrogen and oxygen atoms in total. The van der Waals surface area contributed by atoms with E-state index in [9.17, 15) is 5.26 Å². The quantitative estimate of drug-likeness (QED) is 0.646. The van der Waals surface area contributed by atoms with E-state index in [-0.39, 0.29) is 11.5 Å². The van der Waals surface area contributed by atoms with Crippen LogP contribution in [0.1, 0.15) is 55.7 Å². The number of benzene rings is 1. The van der Waals surface area contributed by atoms with Crippen molar-refractivity contribution in [2.24, 2.45) is 5.41 Å². The Kier molecular flexibility index (Phi) is 4.60. The highest BCUT2D eigenvalue weighted by Gasteiger charge is 2.29. The fraction of sp³-hybridized carbons (Fsp3) is 0.292. The Hall–Kier alpha value is -3.19. The van der Waals surface area contributed by atoms with Crippen LogP contribution in [-0.4, -0.2) is 14.5 Å². The lowest BCUT2D eigenvalue weighted by Gasteiger charge is -2.37. The van der Waals surface area contributed by atoms with Gasteiger partial charge in [0.05, 0.1) is 6.04 Å². The smallest absolute Gasteiger partial charge is 0.118 e. The zero-order chi connectivity index (χ0) is 19.7. The molecular formula is C24H26N4. The molecule has 0 spiro atoms. The van der Waals surface area contributed by atoms with E-state index in [4.69, 9.17) is 0 Å². The van der Waals surface area contributed by atoms with E-state index in [1.54, 1.807) is 0 Å². The van der Waals surface area contributed by atoms with Crippen LogP contribution in [0.5, 0.6) is 0 Å². The van der Waals surface area contributed by atoms with E-state index >= 15 is 0 Å². The van der Waals surface area contributed by atoms with Crippen LogP contribution in [0.2, 0.25) is 0 Å². The number of fused-ring (bicyclic) bond motifs is 1. The molecule has 28 heavy (non-hydrogen) atoms. The molecule has 0 amide bonds. The van der Waals surface area contributed by atoms with Gasteiger partial charge in [0.25, 0.3) is 0 Å². The van der Waals surface area contributed by atoms with Crippen molar-refractivity contribution in [3.8, 4) is 11.8 Å². The first kappa shape index (κ1) is 18.2. The molecule has 4 heteroatoms. The number of hydrogen-bond donors (Lipinski definition) is 1. The standard InChI is InChI=1S/C24H26N4/c1-24(2,3)15-22-23-19(14-20(16-25)26-23)10-13-28(22)17-18-6-8-21(9-7-18)27-11-4-5-12-27/h4-14,22,26H,15,17H2,1-3H3. The molecule has 142 valence electrons. The lowest BCUT2D eigenvalue weighted by Crippen LogP contribution is -2.29. The number of aromatic amines is 1. The third kappa shape index (κ3) is 3.75. The van der Waals surface area contributed by atoms with Crippen LogP contribution in [0.15, 0.2) is 61.1 Å². The highest BCUT2D eigenvalue weighted by atomic mass is 15.2. The van der Waals surface area contributed by atoms with Gasteiger partial charge in [-0.2, -0.15) is 5.26 Å². The van der Waals surface area contributed by atoms with Gasteiger partial charge in [0.1, 0.15) is 11.8 Å². The average Bonchev–Trinajstić information content (AvgIpc) is 3.33. The molecule has 1 aliphatic rings. The van der Waals surface area contributed by atoms with E-state index in [1.165, 1.54) is 11.3 Å². The van der Waals surface area contributed by atoms with Crippen LogP contribution in [-0.2, 0) is 6.54 Å². The number of rotatable bonds is 4. The Labute approximate surface area is 166 Å². The summed E-state index contributed by atoms with van der Waals surface area (Å²) in [4.78, 5) is 5.73. The van der Waals surface area contributed by atoms with Gasteiger partial charge in [-0.15, -0.1) is 0 Å². The van der Waals surface area contributed by atoms with Gasteiger partial charge in [0.2, 0.25) is 0 Å². The van der Waals surface area contributed by atoms with Crippen LogP contribution in [0.4, 0.5) is 0 Å². The maximum Gasteiger partial charge on any atom is 0.118 e. The highest BCUT2D eigenvalue weighted by molar-refractivity contribution is 5.58. The maximum atomic E-state index is 9.29. The molecule has 1 unspecified atom stereocenters. The molecule has 1 aromatic carbocycles. The lowest BCUT2D eigenvalue weighted by molar-refractivity contribution is 0.191. The van der Waals surface area contributed by atoms with Crippen LogP contribution >= 0.6 is 0 Å². The summed E-state index contributed by atoms with van der Waals surface area (Å²) < 4.78 is 2.11. The van der Waals surface area contributed by atoms with Gasteiger partial charge >= 0.3 is 0 Å². The minimum atomic E-state index is 0.182. The zero-order valence-electron chi connectivity index (χ0n) is 16.7. The summed E-state index contributed by atoms with van der Waals surface area (Å²) in [5.41, 5.74) is 5.53. The summed E-state index contributed by atoms with van der Waals surface area (Å²) in [5, 5.41) is 9.29. The van der Waals surface area contributed by atoms with Gasteiger partial charge in [-0.3, -0.25) is 0 Å². The fourth-order valence-corrected chi connectivity index (χ4v) is 3.86. The third-order valence-corrected chi connectivity index (χ3v) is 5.19. The molecule has 0 fully saturated rings. The number of nitriles is 1. The van der Waals surface area contributed by atoms with Crippen molar-refractivity contribution >= 4 is 6.08 Å². The number of H-pyrrole nitrogens is 1. The molecule has 1 N–H and O–H groups in total. The second-order valence-electron chi connectivity index (χ2n) is 8.69. The van der Waals surface area contributed by atoms with Crippen molar-refractivity contribution in [2.75, 3.05) is 0 Å². The topological polar surface area (TPSA) is 47.8 Å². The summed E-state index contributed by atoms with van der Waals surface area (Å²) in [6.07, 6.45) is 9.41. The molecule has 3 heterocycles. The largest absolute Gasteiger partial charge is 0.365 e. The highest BCUT2D eigenvalue weighted by Crippen LogP contribution is 2.39. The van der Waals surface area contributed by atoms with Gasteiger partial charge in [-0.25, -0.2) is 0 Å². The molecule has 0 saturated heterocycles. The van der Waals surface area contributed by atoms with E-state index in [1.807, 2.05) is 18.2 Å². The fourth-order valence-electron chi connectivity index (χ4n) is 3.86. The van der Waals surface area contributed by atoms with E-state index in [0.717, 1.165) is 24.2 Å². The molecule has 0 bridgehead atoms. The Morgan fingerprint density at radius 1 is 1.11 bits per heavy atom. The predicted octanol–water partition coefficient (Wildman–Crippen LogP) is 5.64. The van der Waals surface area contributed by atoms with Gasteiger partial charge < -0.3 is 14.5 Å². The first-order valence-corrected chi connectivity index (χ1v) is 9.72. The number of hydrogen-bond acceptors (Lipinski definition) is 2. The number of nitrogens with zero attached hydrogens (tertiary/aromatic N) is 3. The van der Waals surface area contributed by atoms with Crippen molar-refractivity contribution in [3.63, 3.8) is 0 Å². The van der Waals surface area contributed by atoms with E-state index in [2.05, 4.69) is 90.2 Å². The van der Waals surface area contributed by atoms with Gasteiger partial charge in [-0.05, 0) is 53.8 Å². The van der Waals surface area contributed by atoms with Gasteiger partial charge in [0.15, 0.2) is 0 Å². The summed E-state index contributed by atoms with van der Waals surface area (Å²) in [7, 11) is 0. The second kappa shape index (κ2) is 7.09. The molecule has 1 atom stereocenters. The van der Waals surface area contributed by atoms with Crippen molar-refractivity contribution in [1.29, 1.82) is 5.26 Å². The molecule has 4 rings (SSSR count). The Bertz CT molecular complexity index is 1010. The molecule has 1 aliphatic heterocycles. The normalized spacial score (nSPS) is 16.1. The summed E-state index contributed by atoms with van der Waals surface area (Å²) >= 11 is 0. The van der Waals surface area contributed by atoms with Crippen LogP contribution < -0.4 is 0 Å². The lowest BCUT2D eigenvalue weighted by atomic mass is 9.84. The SMILES string of the molecule is CC(C)(C)CC1c2[nH]c(C#N)cc2C=CN1Cc1ccc(-n2cccc2)cc1. The summed E-state index contributed by atoms with van der Waals surface area (Å²) in [5.74, 6) is 0. The second-order valence-corrected chi connectivity index (χ2v) is 8.69. The average molecular weight is 371 g/mol. The molecule has 0 aliphatic carbocycles. The van der Waals surface area contributed by atoms with Crippen LogP contribution in [0.25, 0.3) is 11.8 Å². The summed E-state index contributed by atoms with van der Waals surface area (Å²) in [6, 6.07) is 17.2. The molecular weight excluding hydrogens is 344 g/mol. The van der Waals surface area contributed by atoms with Crippen LogP contribution in [0.3, 0.4) is 0 Å². The van der Waals surface area contributed by atoms with Crippen molar-refractivity contribution in [1.82, 2.24) is 14.5 Å². The van der Waals surface area contributed by atoms with Crippen LogP contribution in [0, 0.1) is 16.7 Å². The van der Waals surface area contributed by atoms with Crippen molar-refractivity contribution in [3.05, 3.63) is 83.6 Å². The van der Waals surface area contributed by atoms with Gasteiger partial charge in [0, 0.05) is 42.1 Å². The summed E-state index contributed by atoms with van der Waals surface area (Å²) in [6.45, 7) is 7.64. The monoisotopic (exact) mass is 370 g/mol. The third-order valence-electron chi connectivity index (χ3n) is 5.19. The molecule has 0 radical (unpaired) electrons. The molecule has 2 aromatic heterocycles. The Morgan fingerprint density at radius 2 is 1.82 bits per heavy atom.